The minimum Gasteiger partial charge on any atom is -0.481 e. The number of carbonyl (C=O) groups excluding carboxylic acids is 1. The first-order valence-corrected chi connectivity index (χ1v) is 7.25. The van der Waals surface area contributed by atoms with Crippen LogP contribution in [0.4, 0.5) is 9.93 Å². The Bertz CT molecular complexity index is 694. The molecule has 0 aliphatic heterocycles. The molecule has 3 N–H and O–H groups in total. The summed E-state index contributed by atoms with van der Waals surface area (Å²) in [6, 6.07) is 5.40. The molecule has 1 heterocycles. The Balaban J connectivity index is 2.06. The molecule has 2 aromatic rings. The van der Waals surface area contributed by atoms with Gasteiger partial charge < -0.3 is 10.4 Å². The molecule has 2 amide bonds. The fraction of sp³-hybridized carbons (Fsp3) is 0.357. The Labute approximate surface area is 126 Å². The number of nitrogens with one attached hydrogen (secondary N) is 2. The molecule has 0 aliphatic rings. The summed E-state index contributed by atoms with van der Waals surface area (Å²) in [7, 11) is 0. The second-order valence-corrected chi connectivity index (χ2v) is 6.55. The molecule has 7 heteroatoms. The third-order valence-electron chi connectivity index (χ3n) is 2.81. The molecule has 0 aliphatic carbocycles. The molecule has 0 unspecified atom stereocenters. The number of urea groups is 1. The molecule has 1 aromatic carbocycles. The number of nitrogens with zero attached hydrogens (tertiary/aromatic N) is 1. The van der Waals surface area contributed by atoms with E-state index in [0.29, 0.717) is 5.13 Å². The van der Waals surface area contributed by atoms with E-state index in [4.69, 9.17) is 5.11 Å². The van der Waals surface area contributed by atoms with Crippen molar-refractivity contribution in [2.75, 3.05) is 5.32 Å². The standard InChI is InChI=1S/C14H17N3O3S/c1-8-4-5-9-10(6-8)21-13(15-9)16-12(20)17-14(2,3)7-11(18)19/h4-6H,7H2,1-3H3,(H,18,19)(H2,15,16,17,20). The van der Waals surface area contributed by atoms with Gasteiger partial charge in [-0.2, -0.15) is 0 Å². The number of rotatable bonds is 4. The number of amides is 2. The topological polar surface area (TPSA) is 91.3 Å². The maximum atomic E-state index is 11.9. The maximum absolute atomic E-state index is 11.9. The van der Waals surface area contributed by atoms with E-state index in [9.17, 15) is 9.59 Å². The molecule has 0 saturated carbocycles. The van der Waals surface area contributed by atoms with Gasteiger partial charge in [-0.15, -0.1) is 0 Å². The van der Waals surface area contributed by atoms with Crippen molar-refractivity contribution in [2.45, 2.75) is 32.7 Å². The molecular weight excluding hydrogens is 290 g/mol. The Morgan fingerprint density at radius 3 is 2.76 bits per heavy atom. The molecule has 0 bridgehead atoms. The van der Waals surface area contributed by atoms with Gasteiger partial charge in [0.2, 0.25) is 0 Å². The van der Waals surface area contributed by atoms with Crippen LogP contribution in [-0.4, -0.2) is 27.6 Å². The van der Waals surface area contributed by atoms with Crippen molar-refractivity contribution in [2.24, 2.45) is 0 Å². The van der Waals surface area contributed by atoms with Gasteiger partial charge in [-0.3, -0.25) is 10.1 Å². The second-order valence-electron chi connectivity index (χ2n) is 5.52. The number of carboxylic acid groups (broad SMARTS) is 1. The fourth-order valence-corrected chi connectivity index (χ4v) is 2.90. The lowest BCUT2D eigenvalue weighted by molar-refractivity contribution is -0.138. The van der Waals surface area contributed by atoms with Crippen molar-refractivity contribution in [3.8, 4) is 0 Å². The van der Waals surface area contributed by atoms with Gasteiger partial charge in [-0.05, 0) is 38.5 Å². The number of hydrogen-bond acceptors (Lipinski definition) is 4. The fourth-order valence-electron chi connectivity index (χ4n) is 1.94. The second kappa shape index (κ2) is 5.69. The van der Waals surface area contributed by atoms with Gasteiger partial charge in [-0.25, -0.2) is 9.78 Å². The van der Waals surface area contributed by atoms with Crippen molar-refractivity contribution >= 4 is 38.7 Å². The average molecular weight is 307 g/mol. The maximum Gasteiger partial charge on any atom is 0.321 e. The summed E-state index contributed by atoms with van der Waals surface area (Å²) in [5.41, 5.74) is 1.12. The van der Waals surface area contributed by atoms with Crippen LogP contribution in [0.15, 0.2) is 18.2 Å². The number of benzene rings is 1. The monoisotopic (exact) mass is 307 g/mol. The molecule has 21 heavy (non-hydrogen) atoms. The van der Waals surface area contributed by atoms with Crippen molar-refractivity contribution in [3.05, 3.63) is 23.8 Å². The first-order valence-electron chi connectivity index (χ1n) is 6.43. The SMILES string of the molecule is Cc1ccc2nc(NC(=O)NC(C)(C)CC(=O)O)sc2c1. The van der Waals surface area contributed by atoms with E-state index >= 15 is 0 Å². The number of carboxylic acids is 1. The quantitative estimate of drug-likeness (QED) is 0.809. The number of thiazole rings is 1. The number of aromatic nitrogens is 1. The van der Waals surface area contributed by atoms with Gasteiger partial charge in [0.15, 0.2) is 5.13 Å². The number of anilines is 1. The number of aryl methyl sites for hydroxylation is 1. The highest BCUT2D eigenvalue weighted by Crippen LogP contribution is 2.26. The number of hydrogen-bond donors (Lipinski definition) is 3. The lowest BCUT2D eigenvalue weighted by atomic mass is 10.0. The van der Waals surface area contributed by atoms with E-state index in [-0.39, 0.29) is 6.42 Å². The predicted octanol–water partition coefficient (Wildman–Crippen LogP) is 2.98. The smallest absolute Gasteiger partial charge is 0.321 e. The van der Waals surface area contributed by atoms with Crippen LogP contribution in [0.25, 0.3) is 10.2 Å². The number of aliphatic carboxylic acids is 1. The Hall–Kier alpha value is -2.15. The van der Waals surface area contributed by atoms with Crippen LogP contribution < -0.4 is 10.6 Å². The summed E-state index contributed by atoms with van der Waals surface area (Å²) in [6.07, 6.45) is -0.153. The van der Waals surface area contributed by atoms with E-state index in [1.807, 2.05) is 25.1 Å². The molecule has 112 valence electrons. The summed E-state index contributed by atoms with van der Waals surface area (Å²) in [5, 5.41) is 14.5. The highest BCUT2D eigenvalue weighted by molar-refractivity contribution is 7.22. The zero-order chi connectivity index (χ0) is 15.6. The summed E-state index contributed by atoms with van der Waals surface area (Å²) in [6.45, 7) is 5.30. The predicted molar refractivity (Wildman–Crippen MR) is 82.8 cm³/mol. The molecule has 0 spiro atoms. The summed E-state index contributed by atoms with van der Waals surface area (Å²) < 4.78 is 0.995. The highest BCUT2D eigenvalue weighted by Gasteiger charge is 2.24. The molecule has 0 fully saturated rings. The Morgan fingerprint density at radius 1 is 1.38 bits per heavy atom. The minimum absolute atomic E-state index is 0.153. The van der Waals surface area contributed by atoms with E-state index in [1.54, 1.807) is 13.8 Å². The summed E-state index contributed by atoms with van der Waals surface area (Å²) in [5.74, 6) is -0.962. The molecule has 1 aromatic heterocycles. The highest BCUT2D eigenvalue weighted by atomic mass is 32.1. The summed E-state index contributed by atoms with van der Waals surface area (Å²) >= 11 is 1.38. The van der Waals surface area contributed by atoms with Gasteiger partial charge >= 0.3 is 12.0 Å². The van der Waals surface area contributed by atoms with Gasteiger partial charge in [-0.1, -0.05) is 17.4 Å². The summed E-state index contributed by atoms with van der Waals surface area (Å²) in [4.78, 5) is 26.9. The van der Waals surface area contributed by atoms with Crippen LogP contribution >= 0.6 is 11.3 Å². The van der Waals surface area contributed by atoms with Crippen molar-refractivity contribution in [3.63, 3.8) is 0 Å². The first-order chi connectivity index (χ1) is 9.75. The number of fused-ring (bicyclic) bond motifs is 1. The van der Waals surface area contributed by atoms with Crippen LogP contribution in [-0.2, 0) is 4.79 Å². The third-order valence-corrected chi connectivity index (χ3v) is 3.74. The van der Waals surface area contributed by atoms with Crippen LogP contribution in [0, 0.1) is 6.92 Å². The van der Waals surface area contributed by atoms with Gasteiger partial charge in [0.1, 0.15) is 0 Å². The average Bonchev–Trinajstić information content (AvgIpc) is 2.66. The largest absolute Gasteiger partial charge is 0.481 e. The third kappa shape index (κ3) is 4.16. The lowest BCUT2D eigenvalue weighted by Crippen LogP contribution is -2.46. The molecule has 0 radical (unpaired) electrons. The van der Waals surface area contributed by atoms with Crippen LogP contribution in [0.3, 0.4) is 0 Å². The van der Waals surface area contributed by atoms with Gasteiger partial charge in [0.05, 0.1) is 16.6 Å². The van der Waals surface area contributed by atoms with Crippen molar-refractivity contribution < 1.29 is 14.7 Å². The van der Waals surface area contributed by atoms with Crippen LogP contribution in [0.2, 0.25) is 0 Å². The number of carbonyl (C=O) groups is 2. The molecule has 0 atom stereocenters. The Morgan fingerprint density at radius 2 is 2.10 bits per heavy atom. The zero-order valence-electron chi connectivity index (χ0n) is 12.1. The van der Waals surface area contributed by atoms with Crippen LogP contribution in [0.5, 0.6) is 0 Å². The zero-order valence-corrected chi connectivity index (χ0v) is 12.9. The molecule has 0 saturated heterocycles. The van der Waals surface area contributed by atoms with E-state index in [1.165, 1.54) is 11.3 Å². The van der Waals surface area contributed by atoms with E-state index < -0.39 is 17.5 Å². The minimum atomic E-state index is -0.962. The van der Waals surface area contributed by atoms with Crippen LogP contribution in [0.1, 0.15) is 25.8 Å². The van der Waals surface area contributed by atoms with E-state index in [2.05, 4.69) is 15.6 Å². The van der Waals surface area contributed by atoms with Crippen molar-refractivity contribution in [1.82, 2.24) is 10.3 Å². The van der Waals surface area contributed by atoms with Gasteiger partial charge in [0, 0.05) is 5.54 Å². The van der Waals surface area contributed by atoms with E-state index in [0.717, 1.165) is 15.8 Å². The van der Waals surface area contributed by atoms with Gasteiger partial charge in [0.25, 0.3) is 0 Å². The first kappa shape index (κ1) is 15.2. The Kier molecular flexibility index (Phi) is 4.13. The molecule has 6 nitrogen and oxygen atoms in total. The molecular formula is C14H17N3O3S. The normalized spacial score (nSPS) is 11.4. The molecule has 2 rings (SSSR count). The lowest BCUT2D eigenvalue weighted by Gasteiger charge is -2.23. The van der Waals surface area contributed by atoms with Crippen molar-refractivity contribution in [1.29, 1.82) is 0 Å².